The predicted octanol–water partition coefficient (Wildman–Crippen LogP) is 0.604. The number of rotatable bonds is 4. The van der Waals surface area contributed by atoms with Crippen LogP contribution in [0.3, 0.4) is 0 Å². The summed E-state index contributed by atoms with van der Waals surface area (Å²) in [5.74, 6) is 0.359. The summed E-state index contributed by atoms with van der Waals surface area (Å²) in [6, 6.07) is 3.99. The lowest BCUT2D eigenvalue weighted by atomic mass is 9.99. The van der Waals surface area contributed by atoms with Crippen molar-refractivity contribution in [2.45, 2.75) is 19.4 Å². The van der Waals surface area contributed by atoms with Crippen LogP contribution in [0, 0.1) is 5.92 Å². The van der Waals surface area contributed by atoms with Gasteiger partial charge in [-0.15, -0.1) is 0 Å². The fourth-order valence-electron chi connectivity index (χ4n) is 2.05. The Hall–Kier alpha value is -1.29. The number of hydrogen-bond donors (Lipinski definition) is 2. The van der Waals surface area contributed by atoms with E-state index in [0.717, 1.165) is 32.5 Å². The van der Waals surface area contributed by atoms with Crippen LogP contribution in [0.5, 0.6) is 0 Å². The molecule has 0 saturated carbocycles. The zero-order chi connectivity index (χ0) is 11.2. The molecule has 1 saturated heterocycles. The van der Waals surface area contributed by atoms with Crippen molar-refractivity contribution in [1.82, 2.24) is 15.2 Å². The normalized spacial score (nSPS) is 20.6. The fourth-order valence-corrected chi connectivity index (χ4v) is 2.05. The Morgan fingerprint density at radius 1 is 1.44 bits per heavy atom. The van der Waals surface area contributed by atoms with E-state index < -0.39 is 0 Å². The van der Waals surface area contributed by atoms with Gasteiger partial charge < -0.3 is 15.2 Å². The lowest BCUT2D eigenvalue weighted by molar-refractivity contribution is -0.125. The third-order valence-electron chi connectivity index (χ3n) is 3.00. The van der Waals surface area contributed by atoms with Crippen LogP contribution in [0.1, 0.15) is 12.8 Å². The first kappa shape index (κ1) is 11.2. The minimum absolute atomic E-state index is 0.165. The summed E-state index contributed by atoms with van der Waals surface area (Å²) in [5.41, 5.74) is 0. The van der Waals surface area contributed by atoms with Gasteiger partial charge in [0, 0.05) is 32.0 Å². The summed E-state index contributed by atoms with van der Waals surface area (Å²) >= 11 is 0. The van der Waals surface area contributed by atoms with Gasteiger partial charge in [-0.05, 0) is 31.5 Å². The molecule has 16 heavy (non-hydrogen) atoms. The highest BCUT2D eigenvalue weighted by atomic mass is 16.1. The molecule has 0 bridgehead atoms. The molecule has 0 spiro atoms. The molecule has 1 aliphatic rings. The molecule has 0 unspecified atom stereocenters. The Kier molecular flexibility index (Phi) is 3.99. The molecule has 1 aromatic heterocycles. The van der Waals surface area contributed by atoms with E-state index in [0.29, 0.717) is 6.54 Å². The molecular formula is C12H19N3O. The summed E-state index contributed by atoms with van der Waals surface area (Å²) in [5, 5.41) is 6.24. The van der Waals surface area contributed by atoms with Gasteiger partial charge in [0.1, 0.15) is 0 Å². The third kappa shape index (κ3) is 3.10. The first-order chi connectivity index (χ1) is 7.86. The Bertz CT molecular complexity index is 315. The maximum atomic E-state index is 11.8. The summed E-state index contributed by atoms with van der Waals surface area (Å²) in [6.07, 6.45) is 6.14. The van der Waals surface area contributed by atoms with Gasteiger partial charge in [-0.3, -0.25) is 4.79 Å². The molecule has 4 heteroatoms. The zero-order valence-corrected chi connectivity index (χ0v) is 9.48. The van der Waals surface area contributed by atoms with Crippen molar-refractivity contribution < 1.29 is 4.79 Å². The SMILES string of the molecule is O=C(NCCn1cccc1)[C@@H]1CCCNC1. The number of nitrogens with zero attached hydrogens (tertiary/aromatic N) is 1. The van der Waals surface area contributed by atoms with Crippen molar-refractivity contribution in [1.29, 1.82) is 0 Å². The van der Waals surface area contributed by atoms with Crippen LogP contribution in [0.15, 0.2) is 24.5 Å². The second-order valence-electron chi connectivity index (χ2n) is 4.26. The van der Waals surface area contributed by atoms with E-state index in [1.165, 1.54) is 0 Å². The van der Waals surface area contributed by atoms with Gasteiger partial charge in [0.2, 0.25) is 5.91 Å². The summed E-state index contributed by atoms with van der Waals surface area (Å²) in [7, 11) is 0. The number of aromatic nitrogens is 1. The standard InChI is InChI=1S/C12H19N3O/c16-12(11-4-3-5-13-10-11)14-6-9-15-7-1-2-8-15/h1-2,7-8,11,13H,3-6,9-10H2,(H,14,16)/t11-/m1/s1. The number of amides is 1. The van der Waals surface area contributed by atoms with Gasteiger partial charge in [0.25, 0.3) is 0 Å². The van der Waals surface area contributed by atoms with Crippen LogP contribution >= 0.6 is 0 Å². The Balaban J connectivity index is 1.67. The first-order valence-electron chi connectivity index (χ1n) is 5.95. The molecule has 0 radical (unpaired) electrons. The molecule has 1 fully saturated rings. The van der Waals surface area contributed by atoms with E-state index in [-0.39, 0.29) is 11.8 Å². The highest BCUT2D eigenvalue weighted by Gasteiger charge is 2.19. The zero-order valence-electron chi connectivity index (χ0n) is 9.48. The molecule has 2 rings (SSSR count). The highest BCUT2D eigenvalue weighted by Crippen LogP contribution is 2.09. The van der Waals surface area contributed by atoms with Crippen molar-refractivity contribution in [2.75, 3.05) is 19.6 Å². The van der Waals surface area contributed by atoms with E-state index in [1.54, 1.807) is 0 Å². The Morgan fingerprint density at radius 3 is 2.94 bits per heavy atom. The van der Waals surface area contributed by atoms with Gasteiger partial charge >= 0.3 is 0 Å². The van der Waals surface area contributed by atoms with Crippen molar-refractivity contribution in [3.05, 3.63) is 24.5 Å². The van der Waals surface area contributed by atoms with Gasteiger partial charge in [0.15, 0.2) is 0 Å². The van der Waals surface area contributed by atoms with Gasteiger partial charge in [-0.2, -0.15) is 0 Å². The lowest BCUT2D eigenvalue weighted by Crippen LogP contribution is -2.41. The molecular weight excluding hydrogens is 202 g/mol. The van der Waals surface area contributed by atoms with Crippen LogP contribution < -0.4 is 10.6 Å². The molecule has 1 amide bonds. The average molecular weight is 221 g/mol. The van der Waals surface area contributed by atoms with Crippen molar-refractivity contribution in [3.8, 4) is 0 Å². The summed E-state index contributed by atoms with van der Waals surface area (Å²) in [4.78, 5) is 11.8. The molecule has 1 aromatic rings. The lowest BCUT2D eigenvalue weighted by Gasteiger charge is -2.21. The quantitative estimate of drug-likeness (QED) is 0.782. The van der Waals surface area contributed by atoms with E-state index in [9.17, 15) is 4.79 Å². The summed E-state index contributed by atoms with van der Waals surface area (Å²) in [6.45, 7) is 3.44. The first-order valence-corrected chi connectivity index (χ1v) is 5.95. The van der Waals surface area contributed by atoms with E-state index in [1.807, 2.05) is 24.5 Å². The number of carbonyl (C=O) groups excluding carboxylic acids is 1. The van der Waals surface area contributed by atoms with Crippen molar-refractivity contribution in [2.24, 2.45) is 5.92 Å². The second-order valence-corrected chi connectivity index (χ2v) is 4.26. The minimum Gasteiger partial charge on any atom is -0.354 e. The minimum atomic E-state index is 0.165. The van der Waals surface area contributed by atoms with Crippen molar-refractivity contribution >= 4 is 5.91 Å². The van der Waals surface area contributed by atoms with Crippen LogP contribution in [-0.4, -0.2) is 30.1 Å². The molecule has 2 heterocycles. The molecule has 0 aliphatic carbocycles. The molecule has 88 valence electrons. The highest BCUT2D eigenvalue weighted by molar-refractivity contribution is 5.78. The monoisotopic (exact) mass is 221 g/mol. The fraction of sp³-hybridized carbons (Fsp3) is 0.583. The number of nitrogens with one attached hydrogen (secondary N) is 2. The molecule has 2 N–H and O–H groups in total. The maximum Gasteiger partial charge on any atom is 0.224 e. The predicted molar refractivity (Wildman–Crippen MR) is 63.0 cm³/mol. The van der Waals surface area contributed by atoms with Crippen LogP contribution in [0.2, 0.25) is 0 Å². The van der Waals surface area contributed by atoms with Crippen LogP contribution in [-0.2, 0) is 11.3 Å². The smallest absolute Gasteiger partial charge is 0.224 e. The second kappa shape index (κ2) is 5.70. The molecule has 1 atom stereocenters. The van der Waals surface area contributed by atoms with Gasteiger partial charge in [-0.25, -0.2) is 0 Å². The Morgan fingerprint density at radius 2 is 2.25 bits per heavy atom. The van der Waals surface area contributed by atoms with Crippen molar-refractivity contribution in [3.63, 3.8) is 0 Å². The summed E-state index contributed by atoms with van der Waals surface area (Å²) < 4.78 is 2.07. The Labute approximate surface area is 96.0 Å². The van der Waals surface area contributed by atoms with Crippen LogP contribution in [0.25, 0.3) is 0 Å². The number of piperidine rings is 1. The number of hydrogen-bond acceptors (Lipinski definition) is 2. The molecule has 4 nitrogen and oxygen atoms in total. The topological polar surface area (TPSA) is 46.1 Å². The van der Waals surface area contributed by atoms with Gasteiger partial charge in [-0.1, -0.05) is 0 Å². The van der Waals surface area contributed by atoms with Gasteiger partial charge in [0.05, 0.1) is 5.92 Å². The molecule has 1 aliphatic heterocycles. The molecule has 0 aromatic carbocycles. The van der Waals surface area contributed by atoms with E-state index in [4.69, 9.17) is 0 Å². The van der Waals surface area contributed by atoms with Crippen LogP contribution in [0.4, 0.5) is 0 Å². The van der Waals surface area contributed by atoms with E-state index >= 15 is 0 Å². The average Bonchev–Trinajstić information content (AvgIpc) is 2.83. The number of carbonyl (C=O) groups is 1. The largest absolute Gasteiger partial charge is 0.354 e. The maximum absolute atomic E-state index is 11.8. The van der Waals surface area contributed by atoms with E-state index in [2.05, 4.69) is 15.2 Å². The third-order valence-corrected chi connectivity index (χ3v) is 3.00.